The minimum Gasteiger partial charge on any atom is -0.394 e. The first kappa shape index (κ1) is 20.1. The van der Waals surface area contributed by atoms with E-state index < -0.39 is 48.2 Å². The number of amides is 2. The molecule has 4 rings (SSSR count). The SMILES string of the molecule is Cc1ccc(SC2OC(CO)C(O)C(O)C2N2C(=O)c3ccccc3C2=O)cc1. The Morgan fingerprint density at radius 3 is 2.10 bits per heavy atom. The summed E-state index contributed by atoms with van der Waals surface area (Å²) >= 11 is 1.23. The summed E-state index contributed by atoms with van der Waals surface area (Å²) < 4.78 is 5.83. The number of thioether (sulfide) groups is 1. The number of hydrogen-bond donors (Lipinski definition) is 3. The Morgan fingerprint density at radius 1 is 0.966 bits per heavy atom. The molecule has 2 aliphatic rings. The number of aryl methyl sites for hydroxylation is 1. The lowest BCUT2D eigenvalue weighted by Crippen LogP contribution is -2.64. The minimum atomic E-state index is -1.47. The highest BCUT2D eigenvalue weighted by atomic mass is 32.2. The predicted molar refractivity (Wildman–Crippen MR) is 106 cm³/mol. The normalized spacial score (nSPS) is 29.2. The molecule has 29 heavy (non-hydrogen) atoms. The molecule has 0 bridgehead atoms. The molecule has 2 heterocycles. The Hall–Kier alpha value is -2.23. The van der Waals surface area contributed by atoms with E-state index >= 15 is 0 Å². The van der Waals surface area contributed by atoms with Gasteiger partial charge in [0.2, 0.25) is 0 Å². The molecule has 0 aromatic heterocycles. The van der Waals surface area contributed by atoms with Crippen LogP contribution in [-0.2, 0) is 4.74 Å². The van der Waals surface area contributed by atoms with E-state index in [0.717, 1.165) is 15.4 Å². The summed E-state index contributed by atoms with van der Waals surface area (Å²) in [4.78, 5) is 27.7. The van der Waals surface area contributed by atoms with Gasteiger partial charge in [-0.15, -0.1) is 0 Å². The van der Waals surface area contributed by atoms with Crippen molar-refractivity contribution in [2.45, 2.75) is 41.6 Å². The van der Waals surface area contributed by atoms with Crippen molar-refractivity contribution in [2.24, 2.45) is 0 Å². The van der Waals surface area contributed by atoms with Gasteiger partial charge in [0.25, 0.3) is 11.8 Å². The Balaban J connectivity index is 1.70. The van der Waals surface area contributed by atoms with Gasteiger partial charge in [0.1, 0.15) is 29.8 Å². The van der Waals surface area contributed by atoms with Crippen LogP contribution in [0.5, 0.6) is 0 Å². The van der Waals surface area contributed by atoms with E-state index in [2.05, 4.69) is 0 Å². The zero-order valence-electron chi connectivity index (χ0n) is 15.6. The molecular formula is C21H21NO6S. The molecule has 5 atom stereocenters. The average molecular weight is 415 g/mol. The van der Waals surface area contributed by atoms with E-state index in [1.165, 1.54) is 11.8 Å². The van der Waals surface area contributed by atoms with Crippen LogP contribution in [0.3, 0.4) is 0 Å². The van der Waals surface area contributed by atoms with Crippen LogP contribution in [0, 0.1) is 6.92 Å². The van der Waals surface area contributed by atoms with Crippen molar-refractivity contribution in [3.8, 4) is 0 Å². The largest absolute Gasteiger partial charge is 0.394 e. The third-order valence-corrected chi connectivity index (χ3v) is 6.41. The zero-order valence-corrected chi connectivity index (χ0v) is 16.5. The second-order valence-corrected chi connectivity index (χ2v) is 8.33. The summed E-state index contributed by atoms with van der Waals surface area (Å²) in [5.41, 5.74) is 0.708. The van der Waals surface area contributed by atoms with Crippen molar-refractivity contribution in [3.05, 3.63) is 65.2 Å². The van der Waals surface area contributed by atoms with Crippen molar-refractivity contribution < 1.29 is 29.6 Å². The Labute approximate surface area is 171 Å². The molecule has 2 amide bonds. The zero-order chi connectivity index (χ0) is 20.7. The molecule has 0 saturated carbocycles. The van der Waals surface area contributed by atoms with Crippen LogP contribution >= 0.6 is 11.8 Å². The number of aliphatic hydroxyl groups excluding tert-OH is 3. The fraction of sp³-hybridized carbons (Fsp3) is 0.333. The van der Waals surface area contributed by atoms with Gasteiger partial charge < -0.3 is 20.1 Å². The third kappa shape index (κ3) is 3.47. The lowest BCUT2D eigenvalue weighted by atomic mass is 9.97. The number of fused-ring (bicyclic) bond motifs is 1. The van der Waals surface area contributed by atoms with Crippen molar-refractivity contribution in [1.29, 1.82) is 0 Å². The summed E-state index contributed by atoms with van der Waals surface area (Å²) in [6.07, 6.45) is -3.94. The monoisotopic (exact) mass is 415 g/mol. The van der Waals surface area contributed by atoms with Crippen LogP contribution < -0.4 is 0 Å². The molecule has 5 unspecified atom stereocenters. The highest BCUT2D eigenvalue weighted by molar-refractivity contribution is 7.99. The van der Waals surface area contributed by atoms with Crippen molar-refractivity contribution in [2.75, 3.05) is 6.61 Å². The smallest absolute Gasteiger partial charge is 0.262 e. The first-order valence-electron chi connectivity index (χ1n) is 9.25. The van der Waals surface area contributed by atoms with Gasteiger partial charge in [0.15, 0.2) is 0 Å². The molecule has 7 nitrogen and oxygen atoms in total. The molecule has 152 valence electrons. The number of carbonyl (C=O) groups is 2. The molecule has 2 aromatic rings. The molecule has 2 aliphatic heterocycles. The first-order chi connectivity index (χ1) is 13.9. The molecule has 0 radical (unpaired) electrons. The van der Waals surface area contributed by atoms with Crippen molar-refractivity contribution >= 4 is 23.6 Å². The molecule has 1 fully saturated rings. The molecular weight excluding hydrogens is 394 g/mol. The second kappa shape index (κ2) is 7.89. The van der Waals surface area contributed by atoms with E-state index in [0.29, 0.717) is 0 Å². The van der Waals surface area contributed by atoms with Gasteiger partial charge >= 0.3 is 0 Å². The van der Waals surface area contributed by atoms with E-state index in [-0.39, 0.29) is 11.1 Å². The first-order valence-corrected chi connectivity index (χ1v) is 10.1. The fourth-order valence-corrected chi connectivity index (χ4v) is 4.85. The number of ether oxygens (including phenoxy) is 1. The van der Waals surface area contributed by atoms with Gasteiger partial charge in [-0.3, -0.25) is 14.5 Å². The lowest BCUT2D eigenvalue weighted by Gasteiger charge is -2.44. The highest BCUT2D eigenvalue weighted by Crippen LogP contribution is 2.38. The Kier molecular flexibility index (Phi) is 5.46. The maximum atomic E-state index is 13.0. The maximum Gasteiger partial charge on any atom is 0.262 e. The number of benzene rings is 2. The summed E-state index contributed by atoms with van der Waals surface area (Å²) in [6.45, 7) is 1.45. The van der Waals surface area contributed by atoms with E-state index in [4.69, 9.17) is 4.74 Å². The topological polar surface area (TPSA) is 107 Å². The number of hydrogen-bond acceptors (Lipinski definition) is 7. The van der Waals surface area contributed by atoms with Crippen molar-refractivity contribution in [1.82, 2.24) is 4.90 Å². The lowest BCUT2D eigenvalue weighted by molar-refractivity contribution is -0.181. The Morgan fingerprint density at radius 2 is 1.55 bits per heavy atom. The number of rotatable bonds is 4. The van der Waals surface area contributed by atoms with Gasteiger partial charge in [-0.25, -0.2) is 0 Å². The number of imide groups is 1. The van der Waals surface area contributed by atoms with Crippen molar-refractivity contribution in [3.63, 3.8) is 0 Å². The van der Waals surface area contributed by atoms with Crippen LogP contribution in [0.15, 0.2) is 53.4 Å². The van der Waals surface area contributed by atoms with Crippen LogP contribution in [0.25, 0.3) is 0 Å². The summed E-state index contributed by atoms with van der Waals surface area (Å²) in [7, 11) is 0. The van der Waals surface area contributed by atoms with Gasteiger partial charge in [-0.05, 0) is 31.2 Å². The van der Waals surface area contributed by atoms with E-state index in [9.17, 15) is 24.9 Å². The molecule has 8 heteroatoms. The number of nitrogens with zero attached hydrogens (tertiary/aromatic N) is 1. The molecule has 0 spiro atoms. The van der Waals surface area contributed by atoms with E-state index in [1.54, 1.807) is 24.3 Å². The summed E-state index contributed by atoms with van der Waals surface area (Å²) in [5.74, 6) is -1.08. The maximum absolute atomic E-state index is 13.0. The molecule has 1 saturated heterocycles. The van der Waals surface area contributed by atoms with Crippen LogP contribution in [0.1, 0.15) is 26.3 Å². The number of aliphatic hydroxyl groups is 3. The van der Waals surface area contributed by atoms with Gasteiger partial charge in [-0.1, -0.05) is 41.6 Å². The van der Waals surface area contributed by atoms with E-state index in [1.807, 2.05) is 31.2 Å². The van der Waals surface area contributed by atoms with Crippen LogP contribution in [0.2, 0.25) is 0 Å². The predicted octanol–water partition coefficient (Wildman–Crippen LogP) is 1.19. The fourth-order valence-electron chi connectivity index (χ4n) is 3.67. The molecule has 0 aliphatic carbocycles. The van der Waals surface area contributed by atoms with Gasteiger partial charge in [-0.2, -0.15) is 0 Å². The quantitative estimate of drug-likeness (QED) is 0.644. The summed E-state index contributed by atoms with van der Waals surface area (Å²) in [6, 6.07) is 12.9. The molecule has 3 N–H and O–H groups in total. The highest BCUT2D eigenvalue weighted by Gasteiger charge is 2.52. The Bertz CT molecular complexity index is 898. The minimum absolute atomic E-state index is 0.252. The standard InChI is InChI=1S/C21H21NO6S/c1-11-6-8-12(9-7-11)29-21-16(18(25)17(24)15(10-23)28-21)22-19(26)13-4-2-3-5-14(13)20(22)27/h2-9,15-18,21,23-25H,10H2,1H3. The van der Waals surface area contributed by atoms with Crippen LogP contribution in [-0.4, -0.2) is 68.4 Å². The number of carbonyl (C=O) groups excluding carboxylic acids is 2. The third-order valence-electron chi connectivity index (χ3n) is 5.25. The van der Waals surface area contributed by atoms with Gasteiger partial charge in [0.05, 0.1) is 17.7 Å². The van der Waals surface area contributed by atoms with Gasteiger partial charge in [0, 0.05) is 4.90 Å². The second-order valence-electron chi connectivity index (χ2n) is 7.15. The molecule has 2 aromatic carbocycles. The van der Waals surface area contributed by atoms with Crippen LogP contribution in [0.4, 0.5) is 0 Å². The average Bonchev–Trinajstić information content (AvgIpc) is 2.97. The summed E-state index contributed by atoms with van der Waals surface area (Å²) in [5, 5.41) is 30.7.